The molecule has 1 N–H and O–H groups in total. The summed E-state index contributed by atoms with van der Waals surface area (Å²) in [5.41, 5.74) is 0.747. The van der Waals surface area contributed by atoms with Crippen LogP contribution in [-0.4, -0.2) is 31.7 Å². The molecule has 0 saturated carbocycles. The van der Waals surface area contributed by atoms with Gasteiger partial charge in [-0.05, 0) is 43.3 Å². The first-order valence-electron chi connectivity index (χ1n) is 6.83. The van der Waals surface area contributed by atoms with E-state index in [9.17, 15) is 9.90 Å². The van der Waals surface area contributed by atoms with Crippen LogP contribution in [0.5, 0.6) is 23.0 Å². The molecule has 0 unspecified atom stereocenters. The predicted octanol–water partition coefficient (Wildman–Crippen LogP) is 3.04. The third-order valence-electron chi connectivity index (χ3n) is 3.19. The molecule has 5 heteroatoms. The molecule has 0 saturated heterocycles. The largest absolute Gasteiger partial charge is 0.502 e. The molecule has 0 heterocycles. The van der Waals surface area contributed by atoms with Crippen molar-refractivity contribution in [3.8, 4) is 23.0 Å². The maximum absolute atomic E-state index is 12.6. The van der Waals surface area contributed by atoms with Gasteiger partial charge < -0.3 is 19.3 Å². The van der Waals surface area contributed by atoms with Crippen molar-refractivity contribution >= 4 is 5.78 Å². The fourth-order valence-corrected chi connectivity index (χ4v) is 2.13. The molecular formula is C17H18O5. The van der Waals surface area contributed by atoms with Gasteiger partial charge in [-0.2, -0.15) is 0 Å². The highest BCUT2D eigenvalue weighted by molar-refractivity contribution is 6.11. The number of carbonyl (C=O) groups is 1. The predicted molar refractivity (Wildman–Crippen MR) is 82.3 cm³/mol. The van der Waals surface area contributed by atoms with Gasteiger partial charge in [0.05, 0.1) is 26.4 Å². The molecule has 0 spiro atoms. The number of carbonyl (C=O) groups excluding carboxylic acids is 1. The molecule has 0 atom stereocenters. The Hall–Kier alpha value is -2.69. The zero-order valence-corrected chi connectivity index (χ0v) is 12.8. The average Bonchev–Trinajstić information content (AvgIpc) is 2.55. The van der Waals surface area contributed by atoms with E-state index in [2.05, 4.69) is 0 Å². The summed E-state index contributed by atoms with van der Waals surface area (Å²) >= 11 is 0. The number of hydrogen-bond donors (Lipinski definition) is 1. The lowest BCUT2D eigenvalue weighted by molar-refractivity contribution is 0.103. The lowest BCUT2D eigenvalue weighted by Crippen LogP contribution is -2.05. The summed E-state index contributed by atoms with van der Waals surface area (Å²) in [6.45, 7) is 2.46. The molecule has 0 bridgehead atoms. The Morgan fingerprint density at radius 3 is 2.27 bits per heavy atom. The van der Waals surface area contributed by atoms with Crippen molar-refractivity contribution in [3.63, 3.8) is 0 Å². The molecule has 0 aromatic heterocycles. The number of phenolic OH excluding ortho intramolecular Hbond substituents is 1. The highest BCUT2D eigenvalue weighted by Crippen LogP contribution is 2.39. The minimum Gasteiger partial charge on any atom is -0.502 e. The van der Waals surface area contributed by atoms with E-state index in [-0.39, 0.29) is 28.6 Å². The summed E-state index contributed by atoms with van der Waals surface area (Å²) in [5.74, 6) is 0.599. The SMILES string of the molecule is CCOc1ccc(C(=O)c2ccc(OC)c(O)c2OC)cc1. The van der Waals surface area contributed by atoms with Gasteiger partial charge in [-0.15, -0.1) is 0 Å². The number of rotatable bonds is 6. The third kappa shape index (κ3) is 2.98. The molecule has 0 fully saturated rings. The minimum atomic E-state index is -0.252. The van der Waals surface area contributed by atoms with E-state index < -0.39 is 0 Å². The Balaban J connectivity index is 2.38. The van der Waals surface area contributed by atoms with Crippen LogP contribution in [0.15, 0.2) is 36.4 Å². The van der Waals surface area contributed by atoms with Crippen LogP contribution >= 0.6 is 0 Å². The van der Waals surface area contributed by atoms with Crippen LogP contribution in [0, 0.1) is 0 Å². The molecule has 0 radical (unpaired) electrons. The van der Waals surface area contributed by atoms with Crippen LogP contribution in [0.25, 0.3) is 0 Å². The zero-order chi connectivity index (χ0) is 16.1. The number of aromatic hydroxyl groups is 1. The molecule has 0 amide bonds. The Bertz CT molecular complexity index is 661. The van der Waals surface area contributed by atoms with E-state index in [0.717, 1.165) is 0 Å². The van der Waals surface area contributed by atoms with Crippen molar-refractivity contribution in [2.45, 2.75) is 6.92 Å². The summed E-state index contributed by atoms with van der Waals surface area (Å²) in [6.07, 6.45) is 0. The van der Waals surface area contributed by atoms with Crippen molar-refractivity contribution in [1.82, 2.24) is 0 Å². The zero-order valence-electron chi connectivity index (χ0n) is 12.8. The van der Waals surface area contributed by atoms with E-state index in [1.165, 1.54) is 20.3 Å². The van der Waals surface area contributed by atoms with E-state index in [1.807, 2.05) is 6.92 Å². The fraction of sp³-hybridized carbons (Fsp3) is 0.235. The van der Waals surface area contributed by atoms with Crippen LogP contribution in [0.4, 0.5) is 0 Å². The molecule has 2 aromatic carbocycles. The first-order chi connectivity index (χ1) is 10.6. The molecule has 116 valence electrons. The maximum atomic E-state index is 12.6. The molecule has 2 aromatic rings. The molecule has 22 heavy (non-hydrogen) atoms. The molecule has 2 rings (SSSR count). The molecular weight excluding hydrogens is 284 g/mol. The highest BCUT2D eigenvalue weighted by Gasteiger charge is 2.20. The van der Waals surface area contributed by atoms with Gasteiger partial charge in [0.2, 0.25) is 5.75 Å². The third-order valence-corrected chi connectivity index (χ3v) is 3.19. The van der Waals surface area contributed by atoms with Crippen molar-refractivity contribution < 1.29 is 24.1 Å². The second kappa shape index (κ2) is 6.85. The summed E-state index contributed by atoms with van der Waals surface area (Å²) in [4.78, 5) is 12.6. The van der Waals surface area contributed by atoms with Gasteiger partial charge in [-0.3, -0.25) is 4.79 Å². The number of ether oxygens (including phenoxy) is 3. The minimum absolute atomic E-state index is 0.0956. The first-order valence-corrected chi connectivity index (χ1v) is 6.83. The summed E-state index contributed by atoms with van der Waals surface area (Å²) in [6, 6.07) is 9.90. The van der Waals surface area contributed by atoms with Crippen molar-refractivity contribution in [1.29, 1.82) is 0 Å². The normalized spacial score (nSPS) is 10.1. The number of benzene rings is 2. The summed E-state index contributed by atoms with van der Waals surface area (Å²) < 4.78 is 15.5. The van der Waals surface area contributed by atoms with Crippen molar-refractivity contribution in [3.05, 3.63) is 47.5 Å². The molecule has 0 aliphatic carbocycles. The monoisotopic (exact) mass is 302 g/mol. The summed E-state index contributed by atoms with van der Waals surface area (Å²) in [7, 11) is 2.83. The van der Waals surface area contributed by atoms with Crippen molar-refractivity contribution in [2.75, 3.05) is 20.8 Å². The second-order valence-corrected chi connectivity index (χ2v) is 4.48. The highest BCUT2D eigenvalue weighted by atomic mass is 16.5. The van der Waals surface area contributed by atoms with Crippen LogP contribution < -0.4 is 14.2 Å². The Kier molecular flexibility index (Phi) is 4.88. The molecule has 5 nitrogen and oxygen atoms in total. The van der Waals surface area contributed by atoms with Gasteiger partial charge in [-0.1, -0.05) is 0 Å². The Morgan fingerprint density at radius 1 is 1.05 bits per heavy atom. The maximum Gasteiger partial charge on any atom is 0.201 e. The lowest BCUT2D eigenvalue weighted by atomic mass is 10.0. The lowest BCUT2D eigenvalue weighted by Gasteiger charge is -2.12. The number of phenols is 1. The van der Waals surface area contributed by atoms with Crippen LogP contribution in [0.2, 0.25) is 0 Å². The molecule has 0 aliphatic rings. The van der Waals surface area contributed by atoms with Gasteiger partial charge in [0.1, 0.15) is 5.75 Å². The topological polar surface area (TPSA) is 65.0 Å². The van der Waals surface area contributed by atoms with Crippen LogP contribution in [-0.2, 0) is 0 Å². The van der Waals surface area contributed by atoms with E-state index in [1.54, 1.807) is 30.3 Å². The second-order valence-electron chi connectivity index (χ2n) is 4.48. The van der Waals surface area contributed by atoms with Gasteiger partial charge in [0.15, 0.2) is 17.3 Å². The van der Waals surface area contributed by atoms with E-state index >= 15 is 0 Å². The fourth-order valence-electron chi connectivity index (χ4n) is 2.13. The number of ketones is 1. The first kappa shape index (κ1) is 15.7. The Labute approximate surface area is 129 Å². The van der Waals surface area contributed by atoms with Gasteiger partial charge in [0, 0.05) is 5.56 Å². The smallest absolute Gasteiger partial charge is 0.201 e. The van der Waals surface area contributed by atoms with Crippen LogP contribution in [0.3, 0.4) is 0 Å². The van der Waals surface area contributed by atoms with Gasteiger partial charge in [-0.25, -0.2) is 0 Å². The number of hydrogen-bond acceptors (Lipinski definition) is 5. The van der Waals surface area contributed by atoms with Gasteiger partial charge in [0.25, 0.3) is 0 Å². The van der Waals surface area contributed by atoms with Gasteiger partial charge >= 0.3 is 0 Å². The van der Waals surface area contributed by atoms with Crippen molar-refractivity contribution in [2.24, 2.45) is 0 Å². The van der Waals surface area contributed by atoms with Crippen LogP contribution in [0.1, 0.15) is 22.8 Å². The quantitative estimate of drug-likeness (QED) is 0.831. The molecule has 0 aliphatic heterocycles. The van der Waals surface area contributed by atoms with E-state index in [0.29, 0.717) is 17.9 Å². The Morgan fingerprint density at radius 2 is 1.73 bits per heavy atom. The average molecular weight is 302 g/mol. The number of methoxy groups -OCH3 is 2. The summed E-state index contributed by atoms with van der Waals surface area (Å²) in [5, 5.41) is 10.1. The van der Waals surface area contributed by atoms with E-state index in [4.69, 9.17) is 14.2 Å². The standard InChI is InChI=1S/C17H18O5/c1-4-22-12-7-5-11(6-8-12)15(18)13-9-10-14(20-2)16(19)17(13)21-3/h5-10,19H,4H2,1-3H3.